The summed E-state index contributed by atoms with van der Waals surface area (Å²) in [6.07, 6.45) is 4.90. The molecule has 2 aromatic carbocycles. The molecule has 4 atom stereocenters. The second-order valence-corrected chi connectivity index (χ2v) is 24.2. The number of thiazole rings is 2. The predicted molar refractivity (Wildman–Crippen MR) is 308 cm³/mol. The van der Waals surface area contributed by atoms with Crippen molar-refractivity contribution in [2.75, 3.05) is 79.2 Å². The molecule has 0 spiro atoms. The lowest BCUT2D eigenvalue weighted by atomic mass is 9.85. The van der Waals surface area contributed by atoms with Crippen LogP contribution in [0, 0.1) is 24.7 Å². The van der Waals surface area contributed by atoms with E-state index in [-0.39, 0.29) is 56.0 Å². The standard InChI is InChI=1S/C59H84N8O11S2/c1-40-50(79-38-62-40)44-20-16-42(17-21-44)34-60-54(70)46-14-12-24-66(46)56(72)52(58(3,4)5)64-48(68)36-77-27-11-9-10-26-74-28-29-75-30-31-76-32-33-78-37-49(69)65-53(59(6,7)8)57(73)67-25-13-15-47(67)55(71)61-35-43-18-22-45(23-19-43)51-41(2)63-39-80-51/h16-23,38-39,46-47,52-53H,9-15,24-37H2,1-8H3,(H,60,70)(H,61,71)(H,64,68)(H,65,69)/t46-,47-,52+,53?/m0/s1. The summed E-state index contributed by atoms with van der Waals surface area (Å²) in [5.41, 5.74) is 8.47. The summed E-state index contributed by atoms with van der Waals surface area (Å²) >= 11 is 3.18. The zero-order valence-electron chi connectivity index (χ0n) is 48.0. The number of benzene rings is 2. The van der Waals surface area contributed by atoms with Crippen LogP contribution in [0.25, 0.3) is 20.9 Å². The van der Waals surface area contributed by atoms with Crippen molar-refractivity contribution < 1.29 is 52.5 Å². The van der Waals surface area contributed by atoms with Gasteiger partial charge in [-0.25, -0.2) is 9.97 Å². The smallest absolute Gasteiger partial charge is 0.246 e. The summed E-state index contributed by atoms with van der Waals surface area (Å²) in [7, 11) is 0. The topological polar surface area (TPSA) is 229 Å². The zero-order chi connectivity index (χ0) is 57.7. The summed E-state index contributed by atoms with van der Waals surface area (Å²) in [5, 5.41) is 11.8. The number of carbonyl (C=O) groups is 6. The number of carbonyl (C=O) groups excluding carboxylic acids is 6. The number of unbranched alkanes of at least 4 members (excludes halogenated alkanes) is 2. The molecule has 0 saturated carbocycles. The minimum absolute atomic E-state index is 0.175. The van der Waals surface area contributed by atoms with Gasteiger partial charge in [0.15, 0.2) is 0 Å². The monoisotopic (exact) mass is 1140 g/mol. The van der Waals surface area contributed by atoms with Crippen LogP contribution in [-0.2, 0) is 65.5 Å². The minimum atomic E-state index is -0.853. The van der Waals surface area contributed by atoms with E-state index in [1.54, 1.807) is 32.5 Å². The number of ether oxygens (including phenoxy) is 5. The molecule has 438 valence electrons. The highest BCUT2D eigenvalue weighted by Gasteiger charge is 2.43. The molecule has 19 nitrogen and oxygen atoms in total. The van der Waals surface area contributed by atoms with Crippen LogP contribution in [0.3, 0.4) is 0 Å². The number of likely N-dealkylation sites (tertiary alicyclic amines) is 2. The number of aromatic nitrogens is 2. The Kier molecular flexibility index (Phi) is 25.0. The van der Waals surface area contributed by atoms with Crippen LogP contribution in [0.5, 0.6) is 0 Å². The van der Waals surface area contributed by atoms with Crippen molar-refractivity contribution in [2.24, 2.45) is 10.8 Å². The van der Waals surface area contributed by atoms with E-state index in [9.17, 15) is 28.8 Å². The fourth-order valence-corrected chi connectivity index (χ4v) is 11.2. The van der Waals surface area contributed by atoms with Gasteiger partial charge < -0.3 is 54.8 Å². The third-order valence-corrected chi connectivity index (χ3v) is 16.0. The number of amides is 6. The molecule has 2 aliphatic heterocycles. The van der Waals surface area contributed by atoms with Crippen LogP contribution in [0.1, 0.15) is 109 Å². The molecule has 0 bridgehead atoms. The van der Waals surface area contributed by atoms with Crippen LogP contribution < -0.4 is 21.3 Å². The number of nitrogens with zero attached hydrogens (tertiary/aromatic N) is 4. The summed E-state index contributed by atoms with van der Waals surface area (Å²) in [6, 6.07) is 13.1. The highest BCUT2D eigenvalue weighted by molar-refractivity contribution is 7.13. The first-order valence-corrected chi connectivity index (χ1v) is 29.7. The molecule has 2 fully saturated rings. The van der Waals surface area contributed by atoms with Crippen molar-refractivity contribution in [1.82, 2.24) is 41.0 Å². The molecule has 6 amide bonds. The molecule has 80 heavy (non-hydrogen) atoms. The molecule has 2 aromatic heterocycles. The molecule has 21 heteroatoms. The maximum atomic E-state index is 13.9. The van der Waals surface area contributed by atoms with Crippen molar-refractivity contribution in [3.63, 3.8) is 0 Å². The SMILES string of the molecule is Cc1ncsc1-c1ccc(CNC(=O)[C@@H]2CCCN2C(=O)C(NC(=O)COCCOCCOCCOCCCCCOCC(=O)N[C@H](C(=O)N2CCC[C@H]2C(=O)NCc2ccc(-c3scnc3C)cc2)C(C)(C)C)C(C)(C)C)cc1. The van der Waals surface area contributed by atoms with Crippen LogP contribution >= 0.6 is 22.7 Å². The van der Waals surface area contributed by atoms with Gasteiger partial charge in [0.05, 0.1) is 71.8 Å². The van der Waals surface area contributed by atoms with E-state index in [4.69, 9.17) is 23.7 Å². The molecule has 4 heterocycles. The van der Waals surface area contributed by atoms with E-state index in [0.717, 1.165) is 62.7 Å². The Morgan fingerprint density at radius 2 is 0.900 bits per heavy atom. The normalized spacial score (nSPS) is 16.4. The van der Waals surface area contributed by atoms with E-state index in [1.165, 1.54) is 0 Å². The van der Waals surface area contributed by atoms with E-state index >= 15 is 0 Å². The summed E-state index contributed by atoms with van der Waals surface area (Å²) in [4.78, 5) is 94.7. The molecule has 4 aromatic rings. The predicted octanol–water partition coefficient (Wildman–Crippen LogP) is 6.78. The molecular weight excluding hydrogens is 1060 g/mol. The van der Waals surface area contributed by atoms with Gasteiger partial charge in [-0.15, -0.1) is 22.7 Å². The van der Waals surface area contributed by atoms with Gasteiger partial charge in [0, 0.05) is 39.4 Å². The highest BCUT2D eigenvalue weighted by Crippen LogP contribution is 2.30. The lowest BCUT2D eigenvalue weighted by molar-refractivity contribution is -0.144. The van der Waals surface area contributed by atoms with Crippen LogP contribution in [0.4, 0.5) is 0 Å². The fraction of sp³-hybridized carbons (Fsp3) is 0.593. The number of rotatable bonds is 31. The first-order valence-electron chi connectivity index (χ1n) is 27.9. The van der Waals surface area contributed by atoms with Gasteiger partial charge in [0.25, 0.3) is 0 Å². The lowest BCUT2D eigenvalue weighted by Crippen LogP contribution is -2.58. The Hall–Kier alpha value is -5.68. The molecule has 0 radical (unpaired) electrons. The Morgan fingerprint density at radius 1 is 0.537 bits per heavy atom. The Labute approximate surface area is 480 Å². The average Bonchev–Trinajstić information content (AvgIpc) is 4.34. The lowest BCUT2D eigenvalue weighted by Gasteiger charge is -2.35. The molecule has 2 aliphatic rings. The number of nitrogens with one attached hydrogen (secondary N) is 4. The molecule has 4 N–H and O–H groups in total. The van der Waals surface area contributed by atoms with Gasteiger partial charge in [-0.1, -0.05) is 90.1 Å². The molecule has 2 saturated heterocycles. The van der Waals surface area contributed by atoms with Crippen molar-refractivity contribution in [2.45, 2.75) is 138 Å². The van der Waals surface area contributed by atoms with E-state index < -0.39 is 40.9 Å². The third kappa shape index (κ3) is 19.5. The van der Waals surface area contributed by atoms with Gasteiger partial charge in [-0.05, 0) is 91.9 Å². The van der Waals surface area contributed by atoms with Gasteiger partial charge >= 0.3 is 0 Å². The Balaban J connectivity index is 0.750. The minimum Gasteiger partial charge on any atom is -0.379 e. The summed E-state index contributed by atoms with van der Waals surface area (Å²) < 4.78 is 28.1. The number of aryl methyl sites for hydroxylation is 2. The zero-order valence-corrected chi connectivity index (χ0v) is 49.7. The Bertz CT molecular complexity index is 2440. The second-order valence-electron chi connectivity index (χ2n) is 22.5. The van der Waals surface area contributed by atoms with Gasteiger partial charge in [-0.2, -0.15) is 0 Å². The Morgan fingerprint density at radius 3 is 1.27 bits per heavy atom. The highest BCUT2D eigenvalue weighted by atomic mass is 32.1. The van der Waals surface area contributed by atoms with Gasteiger partial charge in [0.2, 0.25) is 35.4 Å². The summed E-state index contributed by atoms with van der Waals surface area (Å²) in [6.45, 7) is 19.4. The maximum absolute atomic E-state index is 13.9. The molecule has 1 unspecified atom stereocenters. The molecule has 6 rings (SSSR count). The van der Waals surface area contributed by atoms with Crippen molar-refractivity contribution in [3.05, 3.63) is 82.1 Å². The largest absolute Gasteiger partial charge is 0.379 e. The molecule has 0 aliphatic carbocycles. The number of hydrogen-bond acceptors (Lipinski definition) is 15. The van der Waals surface area contributed by atoms with Crippen molar-refractivity contribution >= 4 is 58.1 Å². The van der Waals surface area contributed by atoms with E-state index in [1.807, 2.05) is 115 Å². The van der Waals surface area contributed by atoms with E-state index in [0.29, 0.717) is 91.5 Å². The van der Waals surface area contributed by atoms with Crippen LogP contribution in [0.2, 0.25) is 0 Å². The van der Waals surface area contributed by atoms with Gasteiger partial charge in [0.1, 0.15) is 37.4 Å². The quantitative estimate of drug-likeness (QED) is 0.0382. The fourth-order valence-electron chi connectivity index (χ4n) is 9.53. The average molecular weight is 1150 g/mol. The number of hydrogen-bond donors (Lipinski definition) is 4. The first kappa shape index (κ1) is 63.5. The molecular formula is C59H84N8O11S2. The van der Waals surface area contributed by atoms with Crippen molar-refractivity contribution in [3.8, 4) is 20.9 Å². The van der Waals surface area contributed by atoms with Gasteiger partial charge in [-0.3, -0.25) is 28.8 Å². The first-order chi connectivity index (χ1) is 38.3. The third-order valence-electron chi connectivity index (χ3n) is 14.0. The van der Waals surface area contributed by atoms with Crippen molar-refractivity contribution in [1.29, 1.82) is 0 Å². The van der Waals surface area contributed by atoms with E-state index in [2.05, 4.69) is 31.2 Å². The maximum Gasteiger partial charge on any atom is 0.246 e. The van der Waals surface area contributed by atoms with Crippen LogP contribution in [-0.4, -0.2) is 159 Å². The summed E-state index contributed by atoms with van der Waals surface area (Å²) in [5.74, 6) is -1.80. The van der Waals surface area contributed by atoms with Crippen LogP contribution in [0.15, 0.2) is 59.6 Å². The second kappa shape index (κ2) is 31.5.